The molecule has 0 amide bonds. The van der Waals surface area contributed by atoms with Crippen molar-refractivity contribution in [2.24, 2.45) is 5.41 Å². The summed E-state index contributed by atoms with van der Waals surface area (Å²) in [6.07, 6.45) is 4.81. The lowest BCUT2D eigenvalue weighted by atomic mass is 9.87. The van der Waals surface area contributed by atoms with E-state index in [2.05, 4.69) is 24.4 Å². The van der Waals surface area contributed by atoms with E-state index in [1.165, 1.54) is 24.0 Å². The minimum Gasteiger partial charge on any atom is -0.496 e. The third-order valence-electron chi connectivity index (χ3n) is 4.29. The molecule has 0 heterocycles. The molecule has 0 saturated heterocycles. The fourth-order valence-electron chi connectivity index (χ4n) is 3.04. The topological polar surface area (TPSA) is 41.5 Å². The summed E-state index contributed by atoms with van der Waals surface area (Å²) < 4.78 is 5.27. The van der Waals surface area contributed by atoms with E-state index in [9.17, 15) is 5.11 Å². The zero-order valence-electron chi connectivity index (χ0n) is 12.0. The number of hydrogen-bond donors (Lipinski definition) is 2. The summed E-state index contributed by atoms with van der Waals surface area (Å²) in [5.74, 6) is 0.936. The van der Waals surface area contributed by atoms with Gasteiger partial charge in [-0.1, -0.05) is 25.0 Å². The molecule has 0 bridgehead atoms. The number of hydrogen-bond acceptors (Lipinski definition) is 3. The van der Waals surface area contributed by atoms with Crippen molar-refractivity contribution in [2.75, 3.05) is 20.3 Å². The number of nitrogens with one attached hydrogen (secondary N) is 1. The van der Waals surface area contributed by atoms with Crippen LogP contribution in [0.25, 0.3) is 0 Å². The molecule has 1 aromatic carbocycles. The highest BCUT2D eigenvalue weighted by atomic mass is 16.5. The van der Waals surface area contributed by atoms with Crippen LogP contribution >= 0.6 is 0 Å². The van der Waals surface area contributed by atoms with E-state index in [-0.39, 0.29) is 5.41 Å². The number of ether oxygens (including phenoxy) is 1. The average molecular weight is 263 g/mol. The minimum absolute atomic E-state index is 0.127. The van der Waals surface area contributed by atoms with Gasteiger partial charge in [-0.3, -0.25) is 0 Å². The summed E-state index contributed by atoms with van der Waals surface area (Å²) in [6.45, 7) is 4.14. The second-order valence-electron chi connectivity index (χ2n) is 5.77. The SMILES string of the molecule is COc1ccc(CNCC2(CO)CCCC2)cc1C. The Bertz CT molecular complexity index is 411. The fourth-order valence-corrected chi connectivity index (χ4v) is 3.04. The summed E-state index contributed by atoms with van der Waals surface area (Å²) >= 11 is 0. The van der Waals surface area contributed by atoms with Crippen LogP contribution in [0.2, 0.25) is 0 Å². The Hall–Kier alpha value is -1.06. The summed E-state index contributed by atoms with van der Waals surface area (Å²) in [5, 5.41) is 13.1. The first-order valence-electron chi connectivity index (χ1n) is 7.14. The second kappa shape index (κ2) is 6.40. The van der Waals surface area contributed by atoms with Crippen molar-refractivity contribution in [1.29, 1.82) is 0 Å². The quantitative estimate of drug-likeness (QED) is 0.829. The molecule has 0 unspecified atom stereocenters. The van der Waals surface area contributed by atoms with Gasteiger partial charge >= 0.3 is 0 Å². The molecule has 19 heavy (non-hydrogen) atoms. The summed E-state index contributed by atoms with van der Waals surface area (Å²) in [4.78, 5) is 0. The number of aliphatic hydroxyl groups is 1. The van der Waals surface area contributed by atoms with Gasteiger partial charge in [0.2, 0.25) is 0 Å². The van der Waals surface area contributed by atoms with E-state index >= 15 is 0 Å². The van der Waals surface area contributed by atoms with Gasteiger partial charge in [-0.25, -0.2) is 0 Å². The maximum atomic E-state index is 9.57. The largest absolute Gasteiger partial charge is 0.496 e. The summed E-state index contributed by atoms with van der Waals surface area (Å²) in [5.41, 5.74) is 2.56. The van der Waals surface area contributed by atoms with Crippen LogP contribution < -0.4 is 10.1 Å². The molecule has 0 atom stereocenters. The van der Waals surface area contributed by atoms with Crippen molar-refractivity contribution < 1.29 is 9.84 Å². The van der Waals surface area contributed by atoms with E-state index in [1.54, 1.807) is 7.11 Å². The summed E-state index contributed by atoms with van der Waals surface area (Å²) in [6, 6.07) is 6.27. The Labute approximate surface area is 116 Å². The van der Waals surface area contributed by atoms with Crippen LogP contribution in [-0.4, -0.2) is 25.4 Å². The monoisotopic (exact) mass is 263 g/mol. The molecule has 0 aromatic heterocycles. The number of aliphatic hydroxyl groups excluding tert-OH is 1. The molecule has 0 aliphatic heterocycles. The number of methoxy groups -OCH3 is 1. The molecule has 1 fully saturated rings. The number of aryl methyl sites for hydroxylation is 1. The molecule has 1 saturated carbocycles. The third kappa shape index (κ3) is 3.48. The van der Waals surface area contributed by atoms with Crippen molar-refractivity contribution in [3.63, 3.8) is 0 Å². The predicted octanol–water partition coefficient (Wildman–Crippen LogP) is 2.65. The van der Waals surface area contributed by atoms with E-state index in [1.807, 2.05) is 6.07 Å². The molecule has 1 aromatic rings. The van der Waals surface area contributed by atoms with Gasteiger partial charge in [-0.15, -0.1) is 0 Å². The Balaban J connectivity index is 1.87. The third-order valence-corrected chi connectivity index (χ3v) is 4.29. The van der Waals surface area contributed by atoms with Gasteiger partial charge in [0.05, 0.1) is 7.11 Å². The molecule has 0 radical (unpaired) electrons. The van der Waals surface area contributed by atoms with Crippen LogP contribution in [0.15, 0.2) is 18.2 Å². The lowest BCUT2D eigenvalue weighted by Gasteiger charge is -2.26. The first-order chi connectivity index (χ1) is 9.19. The minimum atomic E-state index is 0.127. The molecule has 3 nitrogen and oxygen atoms in total. The molecule has 3 heteroatoms. The normalized spacial score (nSPS) is 17.6. The Kier molecular flexibility index (Phi) is 4.83. The zero-order chi connectivity index (χ0) is 13.7. The van der Waals surface area contributed by atoms with E-state index in [4.69, 9.17) is 4.74 Å². The highest BCUT2D eigenvalue weighted by molar-refractivity contribution is 5.36. The predicted molar refractivity (Wildman–Crippen MR) is 77.4 cm³/mol. The van der Waals surface area contributed by atoms with Gasteiger partial charge in [0.25, 0.3) is 0 Å². The van der Waals surface area contributed by atoms with Crippen LogP contribution in [0, 0.1) is 12.3 Å². The van der Waals surface area contributed by atoms with Gasteiger partial charge in [0.15, 0.2) is 0 Å². The second-order valence-corrected chi connectivity index (χ2v) is 5.77. The molecular weight excluding hydrogens is 238 g/mol. The number of rotatable bonds is 6. The highest BCUT2D eigenvalue weighted by Crippen LogP contribution is 2.36. The molecule has 2 N–H and O–H groups in total. The molecule has 2 rings (SSSR count). The van der Waals surface area contributed by atoms with Crippen LogP contribution in [-0.2, 0) is 6.54 Å². The molecular formula is C16H25NO2. The van der Waals surface area contributed by atoms with Crippen LogP contribution in [0.3, 0.4) is 0 Å². The number of benzene rings is 1. The first-order valence-corrected chi connectivity index (χ1v) is 7.14. The van der Waals surface area contributed by atoms with Crippen LogP contribution in [0.5, 0.6) is 5.75 Å². The Morgan fingerprint density at radius 1 is 1.32 bits per heavy atom. The maximum Gasteiger partial charge on any atom is 0.121 e. The van der Waals surface area contributed by atoms with Gasteiger partial charge in [-0.05, 0) is 37.0 Å². The molecule has 106 valence electrons. The summed E-state index contributed by atoms with van der Waals surface area (Å²) in [7, 11) is 1.70. The highest BCUT2D eigenvalue weighted by Gasteiger charge is 2.32. The zero-order valence-corrected chi connectivity index (χ0v) is 12.0. The lowest BCUT2D eigenvalue weighted by Crippen LogP contribution is -2.34. The lowest BCUT2D eigenvalue weighted by molar-refractivity contribution is 0.128. The molecule has 1 aliphatic rings. The van der Waals surface area contributed by atoms with Crippen molar-refractivity contribution in [3.8, 4) is 5.75 Å². The van der Waals surface area contributed by atoms with E-state index in [0.717, 1.165) is 31.7 Å². The fraction of sp³-hybridized carbons (Fsp3) is 0.625. The van der Waals surface area contributed by atoms with Gasteiger partial charge in [0.1, 0.15) is 5.75 Å². The first kappa shape index (κ1) is 14.4. The van der Waals surface area contributed by atoms with E-state index < -0.39 is 0 Å². The van der Waals surface area contributed by atoms with Crippen molar-refractivity contribution in [2.45, 2.75) is 39.2 Å². The maximum absolute atomic E-state index is 9.57. The molecule has 0 spiro atoms. The standard InChI is InChI=1S/C16H25NO2/c1-13-9-14(5-6-15(13)19-2)10-17-11-16(12-18)7-3-4-8-16/h5-6,9,17-18H,3-4,7-8,10-12H2,1-2H3. The van der Waals surface area contributed by atoms with Gasteiger partial charge < -0.3 is 15.2 Å². The van der Waals surface area contributed by atoms with Crippen molar-refractivity contribution >= 4 is 0 Å². The van der Waals surface area contributed by atoms with Gasteiger partial charge in [0, 0.05) is 25.1 Å². The Morgan fingerprint density at radius 3 is 2.63 bits per heavy atom. The van der Waals surface area contributed by atoms with Crippen molar-refractivity contribution in [1.82, 2.24) is 5.32 Å². The van der Waals surface area contributed by atoms with Crippen molar-refractivity contribution in [3.05, 3.63) is 29.3 Å². The van der Waals surface area contributed by atoms with Crippen LogP contribution in [0.4, 0.5) is 0 Å². The van der Waals surface area contributed by atoms with Gasteiger partial charge in [-0.2, -0.15) is 0 Å². The average Bonchev–Trinajstić information content (AvgIpc) is 2.88. The Morgan fingerprint density at radius 2 is 2.05 bits per heavy atom. The van der Waals surface area contributed by atoms with Crippen LogP contribution in [0.1, 0.15) is 36.8 Å². The smallest absolute Gasteiger partial charge is 0.121 e. The molecule has 1 aliphatic carbocycles. The van der Waals surface area contributed by atoms with E-state index in [0.29, 0.717) is 6.61 Å².